The molecule has 0 radical (unpaired) electrons. The molecule has 1 amide bonds. The zero-order valence-corrected chi connectivity index (χ0v) is 12.3. The van der Waals surface area contributed by atoms with Crippen LogP contribution in [0.5, 0.6) is 0 Å². The van der Waals surface area contributed by atoms with Crippen molar-refractivity contribution in [3.63, 3.8) is 0 Å². The molecule has 1 aromatic rings. The van der Waals surface area contributed by atoms with Crippen LogP contribution in [0.4, 0.5) is 0 Å². The molecular weight excluding hydrogens is 260 g/mol. The predicted molar refractivity (Wildman–Crippen MR) is 78.5 cm³/mol. The van der Waals surface area contributed by atoms with Crippen LogP contribution in [-0.2, 0) is 0 Å². The van der Waals surface area contributed by atoms with Crippen molar-refractivity contribution < 1.29 is 4.79 Å². The van der Waals surface area contributed by atoms with Gasteiger partial charge in [0, 0.05) is 29.7 Å². The lowest BCUT2D eigenvalue weighted by Crippen LogP contribution is -2.49. The van der Waals surface area contributed by atoms with Gasteiger partial charge in [-0.1, -0.05) is 18.5 Å². The molecule has 4 heteroatoms. The Bertz CT molecular complexity index is 475. The van der Waals surface area contributed by atoms with Crippen molar-refractivity contribution >= 4 is 17.5 Å². The number of hydrogen-bond donors (Lipinski definition) is 1. The van der Waals surface area contributed by atoms with E-state index < -0.39 is 0 Å². The maximum absolute atomic E-state index is 12.6. The van der Waals surface area contributed by atoms with Gasteiger partial charge in [0.25, 0.3) is 5.91 Å². The smallest absolute Gasteiger partial charge is 0.254 e. The van der Waals surface area contributed by atoms with Crippen molar-refractivity contribution in [1.82, 2.24) is 4.90 Å². The highest BCUT2D eigenvalue weighted by Gasteiger charge is 2.30. The number of likely N-dealkylation sites (tertiary alicyclic amines) is 1. The van der Waals surface area contributed by atoms with Crippen LogP contribution in [-0.4, -0.2) is 29.9 Å². The first-order chi connectivity index (χ1) is 9.02. The van der Waals surface area contributed by atoms with E-state index >= 15 is 0 Å². The maximum Gasteiger partial charge on any atom is 0.254 e. The van der Waals surface area contributed by atoms with Crippen LogP contribution >= 0.6 is 11.6 Å². The summed E-state index contributed by atoms with van der Waals surface area (Å²) in [5.74, 6) is 0.723. The summed E-state index contributed by atoms with van der Waals surface area (Å²) < 4.78 is 0. The van der Waals surface area contributed by atoms with Gasteiger partial charge in [0.05, 0.1) is 0 Å². The van der Waals surface area contributed by atoms with Gasteiger partial charge >= 0.3 is 0 Å². The lowest BCUT2D eigenvalue weighted by atomic mass is 9.91. The number of nitrogens with two attached hydrogens (primary N) is 1. The average Bonchev–Trinajstić information content (AvgIpc) is 2.37. The van der Waals surface area contributed by atoms with Crippen LogP contribution in [0, 0.1) is 12.8 Å². The molecule has 2 unspecified atom stereocenters. The van der Waals surface area contributed by atoms with Crippen LogP contribution in [0.2, 0.25) is 5.02 Å². The Hall–Kier alpha value is -1.06. The molecule has 104 valence electrons. The largest absolute Gasteiger partial charge is 0.334 e. The lowest BCUT2D eigenvalue weighted by Gasteiger charge is -2.38. The van der Waals surface area contributed by atoms with Gasteiger partial charge in [-0.2, -0.15) is 0 Å². The first-order valence-corrected chi connectivity index (χ1v) is 7.18. The van der Waals surface area contributed by atoms with Crippen LogP contribution in [0.25, 0.3) is 0 Å². The number of hydrogen-bond acceptors (Lipinski definition) is 2. The van der Waals surface area contributed by atoms with Crippen LogP contribution in [0.15, 0.2) is 18.2 Å². The van der Waals surface area contributed by atoms with Crippen LogP contribution < -0.4 is 5.73 Å². The molecule has 1 fully saturated rings. The summed E-state index contributed by atoms with van der Waals surface area (Å²) in [6.45, 7) is 5.47. The van der Waals surface area contributed by atoms with Crippen LogP contribution in [0.3, 0.4) is 0 Å². The molecular formula is C15H21ClN2O. The van der Waals surface area contributed by atoms with Gasteiger partial charge in [-0.15, -0.1) is 0 Å². The van der Waals surface area contributed by atoms with E-state index in [1.54, 1.807) is 6.07 Å². The summed E-state index contributed by atoms with van der Waals surface area (Å²) in [5.41, 5.74) is 7.48. The molecule has 1 aliphatic heterocycles. The normalized spacial score (nSPS) is 23.5. The molecule has 1 aliphatic rings. The second-order valence-electron chi connectivity index (χ2n) is 5.48. The van der Waals surface area contributed by atoms with Gasteiger partial charge in [-0.3, -0.25) is 4.79 Å². The molecule has 19 heavy (non-hydrogen) atoms. The summed E-state index contributed by atoms with van der Waals surface area (Å²) in [4.78, 5) is 14.6. The average molecular weight is 281 g/mol. The zero-order chi connectivity index (χ0) is 14.0. The monoisotopic (exact) mass is 280 g/mol. The molecule has 0 saturated carbocycles. The van der Waals surface area contributed by atoms with Gasteiger partial charge in [-0.05, 0) is 49.4 Å². The van der Waals surface area contributed by atoms with E-state index in [2.05, 4.69) is 6.92 Å². The van der Waals surface area contributed by atoms with Crippen LogP contribution in [0.1, 0.15) is 35.7 Å². The van der Waals surface area contributed by atoms with Crippen molar-refractivity contribution in [3.8, 4) is 0 Å². The number of aryl methyl sites for hydroxylation is 1. The summed E-state index contributed by atoms with van der Waals surface area (Å²) in [7, 11) is 0. The van der Waals surface area contributed by atoms with E-state index in [1.165, 1.54) is 0 Å². The number of carbonyl (C=O) groups is 1. The molecule has 3 nitrogen and oxygen atoms in total. The van der Waals surface area contributed by atoms with Gasteiger partial charge in [0.1, 0.15) is 0 Å². The number of rotatable bonds is 2. The topological polar surface area (TPSA) is 46.3 Å². The number of carbonyl (C=O) groups excluding carboxylic acids is 1. The number of amides is 1. The Kier molecular flexibility index (Phi) is 4.48. The van der Waals surface area contributed by atoms with Crippen molar-refractivity contribution in [2.45, 2.75) is 32.7 Å². The highest BCUT2D eigenvalue weighted by atomic mass is 35.5. The highest BCUT2D eigenvalue weighted by molar-refractivity contribution is 6.30. The minimum atomic E-state index is 0.0801. The van der Waals surface area contributed by atoms with E-state index in [0.717, 1.165) is 30.5 Å². The molecule has 0 spiro atoms. The van der Waals surface area contributed by atoms with Gasteiger partial charge in [-0.25, -0.2) is 0 Å². The predicted octanol–water partition coefficient (Wildman–Crippen LogP) is 2.85. The molecule has 2 rings (SSSR count). The molecule has 0 aliphatic carbocycles. The van der Waals surface area contributed by atoms with E-state index in [9.17, 15) is 4.79 Å². The minimum Gasteiger partial charge on any atom is -0.334 e. The Morgan fingerprint density at radius 1 is 1.53 bits per heavy atom. The second kappa shape index (κ2) is 5.93. The Labute approximate surface area is 119 Å². The number of halogens is 1. The van der Waals surface area contributed by atoms with Crippen molar-refractivity contribution in [2.24, 2.45) is 11.7 Å². The summed E-state index contributed by atoms with van der Waals surface area (Å²) in [6.07, 6.45) is 2.05. The van der Waals surface area contributed by atoms with Gasteiger partial charge in [0.2, 0.25) is 0 Å². The van der Waals surface area contributed by atoms with Crippen molar-refractivity contribution in [3.05, 3.63) is 34.3 Å². The Morgan fingerprint density at radius 2 is 2.26 bits per heavy atom. The number of nitrogens with zero attached hydrogens (tertiary/aromatic N) is 1. The molecule has 1 heterocycles. The first kappa shape index (κ1) is 14.4. The third kappa shape index (κ3) is 3.10. The zero-order valence-electron chi connectivity index (χ0n) is 11.5. The molecule has 0 bridgehead atoms. The van der Waals surface area contributed by atoms with Crippen molar-refractivity contribution in [1.29, 1.82) is 0 Å². The number of benzene rings is 1. The second-order valence-corrected chi connectivity index (χ2v) is 5.91. The van der Waals surface area contributed by atoms with E-state index in [4.69, 9.17) is 17.3 Å². The van der Waals surface area contributed by atoms with E-state index in [0.29, 0.717) is 17.5 Å². The first-order valence-electron chi connectivity index (χ1n) is 6.80. The van der Waals surface area contributed by atoms with Crippen molar-refractivity contribution in [2.75, 3.05) is 13.1 Å². The summed E-state index contributed by atoms with van der Waals surface area (Å²) in [6, 6.07) is 5.57. The van der Waals surface area contributed by atoms with E-state index in [1.807, 2.05) is 24.0 Å². The standard InChI is InChI=1S/C15H21ClN2O/c1-10-5-6-18(13(7-10)9-17)15(19)14-4-3-12(16)8-11(14)2/h3-4,8,10,13H,5-7,9,17H2,1-2H3. The Balaban J connectivity index is 2.22. The lowest BCUT2D eigenvalue weighted by molar-refractivity contribution is 0.0573. The van der Waals surface area contributed by atoms with Gasteiger partial charge in [0.15, 0.2) is 0 Å². The fraction of sp³-hybridized carbons (Fsp3) is 0.533. The maximum atomic E-state index is 12.6. The molecule has 1 aromatic carbocycles. The highest BCUT2D eigenvalue weighted by Crippen LogP contribution is 2.25. The number of piperidine rings is 1. The Morgan fingerprint density at radius 3 is 2.89 bits per heavy atom. The molecule has 0 aromatic heterocycles. The molecule has 1 saturated heterocycles. The summed E-state index contributed by atoms with van der Waals surface area (Å²) in [5, 5.41) is 0.664. The quantitative estimate of drug-likeness (QED) is 0.905. The van der Waals surface area contributed by atoms with E-state index in [-0.39, 0.29) is 11.9 Å². The summed E-state index contributed by atoms with van der Waals surface area (Å²) >= 11 is 5.94. The third-order valence-electron chi connectivity index (χ3n) is 3.93. The fourth-order valence-corrected chi connectivity index (χ4v) is 2.99. The molecule has 2 N–H and O–H groups in total. The molecule has 2 atom stereocenters. The van der Waals surface area contributed by atoms with Gasteiger partial charge < -0.3 is 10.6 Å². The fourth-order valence-electron chi connectivity index (χ4n) is 2.76. The third-order valence-corrected chi connectivity index (χ3v) is 4.16. The minimum absolute atomic E-state index is 0.0801. The SMILES string of the molecule is Cc1cc(Cl)ccc1C(=O)N1CCC(C)CC1CN.